The lowest BCUT2D eigenvalue weighted by atomic mass is 9.90. The maximum Gasteiger partial charge on any atom is 0.305 e. The largest absolute Gasteiger partial charge is 0.508 e. The van der Waals surface area contributed by atoms with Gasteiger partial charge in [-0.05, 0) is 30.9 Å². The van der Waals surface area contributed by atoms with Gasteiger partial charge in [-0.1, -0.05) is 39.3 Å². The van der Waals surface area contributed by atoms with Crippen molar-refractivity contribution in [2.45, 2.75) is 53.6 Å². The third-order valence-electron chi connectivity index (χ3n) is 2.66. The van der Waals surface area contributed by atoms with Gasteiger partial charge in [0.15, 0.2) is 0 Å². The molecule has 1 aromatic carbocycles. The molecular formula is C17H27ClO4. The van der Waals surface area contributed by atoms with Gasteiger partial charge in [-0.3, -0.25) is 4.79 Å². The maximum absolute atomic E-state index is 10.9. The van der Waals surface area contributed by atoms with Gasteiger partial charge in [0, 0.05) is 12.5 Å². The van der Waals surface area contributed by atoms with Crippen LogP contribution in [0.2, 0.25) is 5.02 Å². The first-order valence-electron chi connectivity index (χ1n) is 7.31. The Morgan fingerprint density at radius 2 is 1.95 bits per heavy atom. The van der Waals surface area contributed by atoms with Crippen molar-refractivity contribution in [3.63, 3.8) is 0 Å². The number of esters is 1. The molecule has 0 saturated heterocycles. The van der Waals surface area contributed by atoms with E-state index in [1.54, 1.807) is 6.07 Å². The summed E-state index contributed by atoms with van der Waals surface area (Å²) in [4.78, 5) is 10.9. The monoisotopic (exact) mass is 330 g/mol. The van der Waals surface area contributed by atoms with E-state index in [1.807, 2.05) is 13.8 Å². The predicted molar refractivity (Wildman–Crippen MR) is 89.6 cm³/mol. The number of benzene rings is 1. The molecule has 4 nitrogen and oxygen atoms in total. The molecule has 0 bridgehead atoms. The van der Waals surface area contributed by atoms with Gasteiger partial charge in [0.2, 0.25) is 0 Å². The molecular weight excluding hydrogens is 304 g/mol. The van der Waals surface area contributed by atoms with Gasteiger partial charge < -0.3 is 14.6 Å². The summed E-state index contributed by atoms with van der Waals surface area (Å²) >= 11 is 5.66. The van der Waals surface area contributed by atoms with E-state index < -0.39 is 0 Å². The summed E-state index contributed by atoms with van der Waals surface area (Å²) in [7, 11) is 1.50. The summed E-state index contributed by atoms with van der Waals surface area (Å²) in [6.45, 7) is 10.2. The summed E-state index contributed by atoms with van der Waals surface area (Å²) in [5, 5.41) is 9.43. The molecule has 1 unspecified atom stereocenters. The Morgan fingerprint density at radius 3 is 2.36 bits per heavy atom. The van der Waals surface area contributed by atoms with Crippen molar-refractivity contribution in [3.05, 3.63) is 23.2 Å². The summed E-state index contributed by atoms with van der Waals surface area (Å²) < 4.78 is 9.97. The summed E-state index contributed by atoms with van der Waals surface area (Å²) in [6.07, 6.45) is 1.42. The SMILES string of the molecule is CCC(=O)OC(C)CC(C)(C)C.COc1cc(O)ccc1Cl. The van der Waals surface area contributed by atoms with Gasteiger partial charge >= 0.3 is 5.97 Å². The third kappa shape index (κ3) is 9.50. The number of halogens is 1. The molecule has 0 radical (unpaired) electrons. The van der Waals surface area contributed by atoms with Crippen LogP contribution in [-0.2, 0) is 9.53 Å². The average molecular weight is 331 g/mol. The van der Waals surface area contributed by atoms with Crippen molar-refractivity contribution in [1.82, 2.24) is 0 Å². The number of aromatic hydroxyl groups is 1. The quantitative estimate of drug-likeness (QED) is 0.804. The first-order chi connectivity index (χ1) is 10.1. The van der Waals surface area contributed by atoms with E-state index in [4.69, 9.17) is 26.2 Å². The summed E-state index contributed by atoms with van der Waals surface area (Å²) in [6, 6.07) is 4.54. The highest BCUT2D eigenvalue weighted by atomic mass is 35.5. The van der Waals surface area contributed by atoms with Crippen molar-refractivity contribution in [3.8, 4) is 11.5 Å². The third-order valence-corrected chi connectivity index (χ3v) is 2.97. The molecule has 0 amide bonds. The Balaban J connectivity index is 0.000000406. The number of rotatable bonds is 4. The zero-order chi connectivity index (χ0) is 17.3. The highest BCUT2D eigenvalue weighted by Gasteiger charge is 2.17. The van der Waals surface area contributed by atoms with Crippen LogP contribution in [0, 0.1) is 5.41 Å². The molecule has 5 heteroatoms. The molecule has 0 aliphatic heterocycles. The molecule has 0 aliphatic rings. The number of ether oxygens (including phenoxy) is 2. The van der Waals surface area contributed by atoms with Crippen LogP contribution in [0.25, 0.3) is 0 Å². The molecule has 22 heavy (non-hydrogen) atoms. The standard InChI is InChI=1S/C10H20O2.C7H7ClO2/c1-6-9(11)12-8(2)7-10(3,4)5;1-10-7-4-5(9)2-3-6(7)8/h8H,6-7H2,1-5H3;2-4,9H,1H3. The second-order valence-corrected chi connectivity index (χ2v) is 6.64. The zero-order valence-electron chi connectivity index (χ0n) is 14.3. The number of phenolic OH excluding ortho intramolecular Hbond substituents is 1. The first kappa shape index (κ1) is 20.6. The van der Waals surface area contributed by atoms with Crippen LogP contribution in [0.3, 0.4) is 0 Å². The zero-order valence-corrected chi connectivity index (χ0v) is 15.0. The van der Waals surface area contributed by atoms with E-state index in [1.165, 1.54) is 19.2 Å². The van der Waals surface area contributed by atoms with Gasteiger partial charge in [-0.15, -0.1) is 0 Å². The Hall–Kier alpha value is -1.42. The van der Waals surface area contributed by atoms with E-state index in [0.717, 1.165) is 6.42 Å². The Morgan fingerprint density at radius 1 is 1.36 bits per heavy atom. The molecule has 0 spiro atoms. The fourth-order valence-corrected chi connectivity index (χ4v) is 2.05. The van der Waals surface area contributed by atoms with E-state index in [2.05, 4.69) is 20.8 Å². The lowest BCUT2D eigenvalue weighted by Gasteiger charge is -2.22. The minimum absolute atomic E-state index is 0.0393. The molecule has 0 aromatic heterocycles. The molecule has 1 rings (SSSR count). The van der Waals surface area contributed by atoms with Gasteiger partial charge in [-0.2, -0.15) is 0 Å². The summed E-state index contributed by atoms with van der Waals surface area (Å²) in [5.41, 5.74) is 0.230. The first-order valence-corrected chi connectivity index (χ1v) is 7.68. The Kier molecular flexibility index (Phi) is 8.95. The van der Waals surface area contributed by atoms with Gasteiger partial charge in [0.05, 0.1) is 18.2 Å². The van der Waals surface area contributed by atoms with Crippen molar-refractivity contribution < 1.29 is 19.4 Å². The number of carbonyl (C=O) groups is 1. The molecule has 1 N–H and O–H groups in total. The van der Waals surface area contributed by atoms with Crippen LogP contribution in [0.1, 0.15) is 47.5 Å². The van der Waals surface area contributed by atoms with Crippen LogP contribution < -0.4 is 4.74 Å². The number of hydrogen-bond acceptors (Lipinski definition) is 4. The molecule has 1 aromatic rings. The molecule has 0 fully saturated rings. The molecule has 126 valence electrons. The van der Waals surface area contributed by atoms with E-state index in [0.29, 0.717) is 17.2 Å². The second kappa shape index (κ2) is 9.57. The smallest absolute Gasteiger partial charge is 0.305 e. The normalized spacial score (nSPS) is 12.0. The van der Waals surface area contributed by atoms with Gasteiger partial charge in [-0.25, -0.2) is 0 Å². The number of methoxy groups -OCH3 is 1. The van der Waals surface area contributed by atoms with Gasteiger partial charge in [0.25, 0.3) is 0 Å². The average Bonchev–Trinajstić information content (AvgIpc) is 2.39. The van der Waals surface area contributed by atoms with Crippen LogP contribution >= 0.6 is 11.6 Å². The second-order valence-electron chi connectivity index (χ2n) is 6.24. The minimum Gasteiger partial charge on any atom is -0.508 e. The van der Waals surface area contributed by atoms with Crippen LogP contribution in [-0.4, -0.2) is 24.3 Å². The van der Waals surface area contributed by atoms with Crippen molar-refractivity contribution in [2.75, 3.05) is 7.11 Å². The lowest BCUT2D eigenvalue weighted by molar-refractivity contribution is -0.148. The molecule has 1 atom stereocenters. The lowest BCUT2D eigenvalue weighted by Crippen LogP contribution is -2.20. The predicted octanol–water partition coefficient (Wildman–Crippen LogP) is 4.82. The Bertz CT molecular complexity index is 466. The van der Waals surface area contributed by atoms with Crippen molar-refractivity contribution in [1.29, 1.82) is 0 Å². The van der Waals surface area contributed by atoms with Crippen LogP contribution in [0.5, 0.6) is 11.5 Å². The summed E-state index contributed by atoms with van der Waals surface area (Å²) in [5.74, 6) is 0.537. The molecule has 0 saturated carbocycles. The number of hydrogen-bond donors (Lipinski definition) is 1. The van der Waals surface area contributed by atoms with Crippen molar-refractivity contribution >= 4 is 17.6 Å². The van der Waals surface area contributed by atoms with E-state index >= 15 is 0 Å². The number of phenols is 1. The minimum atomic E-state index is -0.105. The van der Waals surface area contributed by atoms with Gasteiger partial charge in [0.1, 0.15) is 11.5 Å². The van der Waals surface area contributed by atoms with E-state index in [9.17, 15) is 4.79 Å². The van der Waals surface area contributed by atoms with Crippen LogP contribution in [0.4, 0.5) is 0 Å². The molecule has 0 heterocycles. The fourth-order valence-electron chi connectivity index (χ4n) is 1.86. The number of carbonyl (C=O) groups excluding carboxylic acids is 1. The fraction of sp³-hybridized carbons (Fsp3) is 0.588. The highest BCUT2D eigenvalue weighted by molar-refractivity contribution is 6.32. The van der Waals surface area contributed by atoms with E-state index in [-0.39, 0.29) is 23.2 Å². The maximum atomic E-state index is 10.9. The molecule has 0 aliphatic carbocycles. The Labute approximate surface area is 138 Å². The highest BCUT2D eigenvalue weighted by Crippen LogP contribution is 2.27. The van der Waals surface area contributed by atoms with Crippen molar-refractivity contribution in [2.24, 2.45) is 5.41 Å². The topological polar surface area (TPSA) is 55.8 Å². The van der Waals surface area contributed by atoms with Crippen LogP contribution in [0.15, 0.2) is 18.2 Å².